The second-order valence-electron chi connectivity index (χ2n) is 4.61. The van der Waals surface area contributed by atoms with Gasteiger partial charge < -0.3 is 10.2 Å². The van der Waals surface area contributed by atoms with Crippen LogP contribution in [-0.4, -0.2) is 40.3 Å². The number of aromatic nitrogens is 2. The van der Waals surface area contributed by atoms with Crippen LogP contribution in [0.4, 0.5) is 5.13 Å². The summed E-state index contributed by atoms with van der Waals surface area (Å²) in [5.74, 6) is 0. The number of nitrogens with zero attached hydrogens (tertiary/aromatic N) is 3. The van der Waals surface area contributed by atoms with E-state index in [0.29, 0.717) is 6.04 Å². The number of piperidine rings is 1. The first-order chi connectivity index (χ1) is 7.33. The first-order valence-electron chi connectivity index (χ1n) is 5.57. The van der Waals surface area contributed by atoms with Gasteiger partial charge >= 0.3 is 0 Å². The zero-order valence-corrected chi connectivity index (χ0v) is 9.70. The van der Waals surface area contributed by atoms with E-state index < -0.39 is 0 Å². The molecule has 0 saturated carbocycles. The first kappa shape index (κ1) is 9.54. The van der Waals surface area contributed by atoms with Gasteiger partial charge in [0.05, 0.1) is 0 Å². The van der Waals surface area contributed by atoms with E-state index in [0.717, 1.165) is 17.2 Å². The highest BCUT2D eigenvalue weighted by molar-refractivity contribution is 7.13. The predicted octanol–water partition coefficient (Wildman–Crippen LogP) is 1.58. The van der Waals surface area contributed by atoms with Crippen molar-refractivity contribution in [2.75, 3.05) is 12.4 Å². The van der Waals surface area contributed by atoms with Gasteiger partial charge in [-0.05, 0) is 32.7 Å². The van der Waals surface area contributed by atoms with Gasteiger partial charge in [-0.25, -0.2) is 0 Å². The quantitative estimate of drug-likeness (QED) is 0.828. The molecule has 2 saturated heterocycles. The highest BCUT2D eigenvalue weighted by Gasteiger charge is 2.38. The van der Waals surface area contributed by atoms with Crippen LogP contribution in [0.15, 0.2) is 5.51 Å². The maximum atomic E-state index is 4.04. The average molecular weight is 224 g/mol. The SMILES string of the molecule is CN1C2CCC1CC(Nc1nncs1)C2. The third kappa shape index (κ3) is 1.74. The van der Waals surface area contributed by atoms with Crippen molar-refractivity contribution in [3.8, 4) is 0 Å². The third-order valence-electron chi connectivity index (χ3n) is 3.79. The second kappa shape index (κ2) is 3.72. The Hall–Kier alpha value is -0.680. The topological polar surface area (TPSA) is 41.0 Å². The fourth-order valence-electron chi connectivity index (χ4n) is 2.94. The molecule has 4 nitrogen and oxygen atoms in total. The molecule has 3 heterocycles. The average Bonchev–Trinajstić information content (AvgIpc) is 2.76. The molecular weight excluding hydrogens is 208 g/mol. The molecule has 1 aromatic heterocycles. The van der Waals surface area contributed by atoms with E-state index >= 15 is 0 Å². The standard InChI is InChI=1S/C10H16N4S/c1-14-8-2-3-9(14)5-7(4-8)12-10-13-11-6-15-10/h6-9H,2-5H2,1H3,(H,12,13). The van der Waals surface area contributed by atoms with Crippen LogP contribution in [0.5, 0.6) is 0 Å². The van der Waals surface area contributed by atoms with E-state index in [1.807, 2.05) is 0 Å². The van der Waals surface area contributed by atoms with Crippen molar-refractivity contribution in [2.45, 2.75) is 43.8 Å². The molecule has 2 atom stereocenters. The number of hydrogen-bond acceptors (Lipinski definition) is 5. The van der Waals surface area contributed by atoms with E-state index in [1.54, 1.807) is 16.8 Å². The Kier molecular flexibility index (Phi) is 2.36. The Morgan fingerprint density at radius 3 is 2.73 bits per heavy atom. The number of hydrogen-bond donors (Lipinski definition) is 1. The normalized spacial score (nSPS) is 35.7. The van der Waals surface area contributed by atoms with Crippen LogP contribution < -0.4 is 5.32 Å². The highest BCUT2D eigenvalue weighted by Crippen LogP contribution is 2.35. The van der Waals surface area contributed by atoms with E-state index in [9.17, 15) is 0 Å². The van der Waals surface area contributed by atoms with Gasteiger partial charge in [0.1, 0.15) is 5.51 Å². The molecule has 2 fully saturated rings. The van der Waals surface area contributed by atoms with Crippen molar-refractivity contribution in [3.63, 3.8) is 0 Å². The second-order valence-corrected chi connectivity index (χ2v) is 5.44. The molecule has 0 aromatic carbocycles. The summed E-state index contributed by atoms with van der Waals surface area (Å²) in [5, 5.41) is 12.4. The summed E-state index contributed by atoms with van der Waals surface area (Å²) in [4.78, 5) is 2.55. The smallest absolute Gasteiger partial charge is 0.205 e. The molecule has 3 rings (SSSR count). The molecule has 82 valence electrons. The predicted molar refractivity (Wildman–Crippen MR) is 61.1 cm³/mol. The lowest BCUT2D eigenvalue weighted by Gasteiger charge is -2.36. The lowest BCUT2D eigenvalue weighted by Crippen LogP contribution is -2.44. The van der Waals surface area contributed by atoms with Crippen molar-refractivity contribution < 1.29 is 0 Å². The molecule has 2 aliphatic rings. The van der Waals surface area contributed by atoms with Crippen molar-refractivity contribution in [1.29, 1.82) is 0 Å². The van der Waals surface area contributed by atoms with Crippen LogP contribution >= 0.6 is 11.3 Å². The van der Waals surface area contributed by atoms with E-state index in [1.165, 1.54) is 25.7 Å². The van der Waals surface area contributed by atoms with Gasteiger partial charge in [-0.3, -0.25) is 0 Å². The lowest BCUT2D eigenvalue weighted by molar-refractivity contribution is 0.169. The minimum Gasteiger partial charge on any atom is -0.357 e. The molecule has 2 unspecified atom stereocenters. The molecule has 2 bridgehead atoms. The zero-order valence-electron chi connectivity index (χ0n) is 8.89. The molecular formula is C10H16N4S. The van der Waals surface area contributed by atoms with Gasteiger partial charge in [0, 0.05) is 18.1 Å². The van der Waals surface area contributed by atoms with Crippen LogP contribution in [0.3, 0.4) is 0 Å². The van der Waals surface area contributed by atoms with Crippen LogP contribution in [0.2, 0.25) is 0 Å². The molecule has 0 amide bonds. The van der Waals surface area contributed by atoms with Crippen molar-refractivity contribution in [2.24, 2.45) is 0 Å². The maximum absolute atomic E-state index is 4.04. The largest absolute Gasteiger partial charge is 0.357 e. The molecule has 0 aliphatic carbocycles. The third-order valence-corrected chi connectivity index (χ3v) is 4.41. The molecule has 1 aromatic rings. The van der Waals surface area contributed by atoms with Crippen LogP contribution in [0.1, 0.15) is 25.7 Å². The minimum atomic E-state index is 0.603. The summed E-state index contributed by atoms with van der Waals surface area (Å²) in [6, 6.07) is 2.18. The Morgan fingerprint density at radius 2 is 2.13 bits per heavy atom. The summed E-state index contributed by atoms with van der Waals surface area (Å²) >= 11 is 1.59. The summed E-state index contributed by atoms with van der Waals surface area (Å²) < 4.78 is 0. The monoisotopic (exact) mass is 224 g/mol. The van der Waals surface area contributed by atoms with Crippen molar-refractivity contribution >= 4 is 16.5 Å². The lowest BCUT2D eigenvalue weighted by atomic mass is 9.98. The summed E-state index contributed by atoms with van der Waals surface area (Å²) in [6.45, 7) is 0. The number of rotatable bonds is 2. The molecule has 0 spiro atoms. The molecule has 0 radical (unpaired) electrons. The van der Waals surface area contributed by atoms with Crippen molar-refractivity contribution in [3.05, 3.63) is 5.51 Å². The van der Waals surface area contributed by atoms with E-state index in [2.05, 4.69) is 27.5 Å². The minimum absolute atomic E-state index is 0.603. The molecule has 5 heteroatoms. The van der Waals surface area contributed by atoms with Gasteiger partial charge in [0.2, 0.25) is 5.13 Å². The Morgan fingerprint density at radius 1 is 1.40 bits per heavy atom. The maximum Gasteiger partial charge on any atom is 0.205 e. The van der Waals surface area contributed by atoms with E-state index in [-0.39, 0.29) is 0 Å². The number of fused-ring (bicyclic) bond motifs is 2. The molecule has 15 heavy (non-hydrogen) atoms. The van der Waals surface area contributed by atoms with Crippen LogP contribution in [-0.2, 0) is 0 Å². The highest BCUT2D eigenvalue weighted by atomic mass is 32.1. The van der Waals surface area contributed by atoms with Gasteiger partial charge in [-0.15, -0.1) is 10.2 Å². The summed E-state index contributed by atoms with van der Waals surface area (Å²) in [7, 11) is 2.27. The Bertz CT molecular complexity index is 312. The fraction of sp³-hybridized carbons (Fsp3) is 0.800. The van der Waals surface area contributed by atoms with Gasteiger partial charge in [-0.1, -0.05) is 11.3 Å². The Balaban J connectivity index is 1.65. The summed E-state index contributed by atoms with van der Waals surface area (Å²) in [5.41, 5.74) is 1.78. The molecule has 1 N–H and O–H groups in total. The summed E-state index contributed by atoms with van der Waals surface area (Å²) in [6.07, 6.45) is 5.25. The number of nitrogens with one attached hydrogen (secondary N) is 1. The number of anilines is 1. The van der Waals surface area contributed by atoms with Crippen LogP contribution in [0, 0.1) is 0 Å². The van der Waals surface area contributed by atoms with Crippen molar-refractivity contribution in [1.82, 2.24) is 15.1 Å². The van der Waals surface area contributed by atoms with Gasteiger partial charge in [0.25, 0.3) is 0 Å². The van der Waals surface area contributed by atoms with Gasteiger partial charge in [-0.2, -0.15) is 0 Å². The van der Waals surface area contributed by atoms with E-state index in [4.69, 9.17) is 0 Å². The van der Waals surface area contributed by atoms with Crippen LogP contribution in [0.25, 0.3) is 0 Å². The fourth-order valence-corrected chi connectivity index (χ4v) is 3.46. The molecule has 2 aliphatic heterocycles. The zero-order chi connectivity index (χ0) is 10.3. The first-order valence-corrected chi connectivity index (χ1v) is 6.45. The van der Waals surface area contributed by atoms with Gasteiger partial charge in [0.15, 0.2) is 0 Å². The Labute approximate surface area is 93.7 Å².